The first-order valence-corrected chi connectivity index (χ1v) is 9.67. The van der Waals surface area contributed by atoms with Crippen molar-refractivity contribution in [1.29, 1.82) is 0 Å². The summed E-state index contributed by atoms with van der Waals surface area (Å²) in [6.07, 6.45) is 7.32. The first-order chi connectivity index (χ1) is 12.0. The lowest BCUT2D eigenvalue weighted by Crippen LogP contribution is -2.52. The maximum absolute atomic E-state index is 11.4. The largest absolute Gasteiger partial charge is 0.478 e. The molecule has 3 rings (SSSR count). The SMILES string of the molecule is C[C@H]1[C@H](N2CCC[C@H](OCCOCC3CC3)C2)C=C(C(=O)O)C[C@@H]1N. The monoisotopic (exact) mass is 352 g/mol. The number of nitrogens with zero attached hydrogens (tertiary/aromatic N) is 1. The van der Waals surface area contributed by atoms with E-state index < -0.39 is 5.97 Å². The van der Waals surface area contributed by atoms with Crippen molar-refractivity contribution in [2.24, 2.45) is 17.6 Å². The van der Waals surface area contributed by atoms with Gasteiger partial charge in [0.25, 0.3) is 0 Å². The summed E-state index contributed by atoms with van der Waals surface area (Å²) in [5, 5.41) is 9.34. The molecule has 2 aliphatic carbocycles. The molecule has 6 heteroatoms. The molecule has 0 radical (unpaired) electrons. The lowest BCUT2D eigenvalue weighted by molar-refractivity contribution is -0.133. The fourth-order valence-electron chi connectivity index (χ4n) is 3.90. The van der Waals surface area contributed by atoms with E-state index in [2.05, 4.69) is 11.8 Å². The molecule has 0 bridgehead atoms. The van der Waals surface area contributed by atoms with E-state index in [1.54, 1.807) is 0 Å². The van der Waals surface area contributed by atoms with Crippen LogP contribution in [0.3, 0.4) is 0 Å². The van der Waals surface area contributed by atoms with Gasteiger partial charge < -0.3 is 20.3 Å². The van der Waals surface area contributed by atoms with Crippen molar-refractivity contribution in [2.45, 2.75) is 57.2 Å². The molecule has 3 N–H and O–H groups in total. The second-order valence-corrected chi connectivity index (χ2v) is 7.86. The van der Waals surface area contributed by atoms with E-state index >= 15 is 0 Å². The smallest absolute Gasteiger partial charge is 0.331 e. The average molecular weight is 352 g/mol. The van der Waals surface area contributed by atoms with Gasteiger partial charge >= 0.3 is 5.97 Å². The minimum atomic E-state index is -0.843. The molecule has 1 saturated heterocycles. The van der Waals surface area contributed by atoms with Crippen LogP contribution in [0, 0.1) is 11.8 Å². The predicted octanol–water partition coefficient (Wildman–Crippen LogP) is 1.64. The first-order valence-electron chi connectivity index (χ1n) is 9.67. The second-order valence-electron chi connectivity index (χ2n) is 7.86. The van der Waals surface area contributed by atoms with Gasteiger partial charge in [0.1, 0.15) is 0 Å². The Labute approximate surface area is 150 Å². The highest BCUT2D eigenvalue weighted by atomic mass is 16.5. The lowest BCUT2D eigenvalue weighted by Gasteiger charge is -2.43. The molecule has 0 unspecified atom stereocenters. The van der Waals surface area contributed by atoms with Crippen LogP contribution in [0.4, 0.5) is 0 Å². The Bertz CT molecular complexity index is 492. The fraction of sp³-hybridized carbons (Fsp3) is 0.842. The zero-order chi connectivity index (χ0) is 17.8. The number of aliphatic carboxylic acids is 1. The topological polar surface area (TPSA) is 85.0 Å². The minimum Gasteiger partial charge on any atom is -0.478 e. The Morgan fingerprint density at radius 3 is 2.88 bits per heavy atom. The van der Waals surface area contributed by atoms with Crippen LogP contribution >= 0.6 is 0 Å². The van der Waals surface area contributed by atoms with E-state index in [1.807, 2.05) is 6.08 Å². The van der Waals surface area contributed by atoms with E-state index in [0.29, 0.717) is 25.2 Å². The number of rotatable bonds is 8. The molecule has 3 aliphatic rings. The molecule has 4 atom stereocenters. The molecule has 25 heavy (non-hydrogen) atoms. The summed E-state index contributed by atoms with van der Waals surface area (Å²) in [5.74, 6) is 0.200. The minimum absolute atomic E-state index is 0.0902. The van der Waals surface area contributed by atoms with Crippen LogP contribution in [-0.2, 0) is 14.3 Å². The molecular formula is C19H32N2O4. The van der Waals surface area contributed by atoms with E-state index in [4.69, 9.17) is 15.2 Å². The van der Waals surface area contributed by atoms with Crippen LogP contribution in [0.25, 0.3) is 0 Å². The molecular weight excluding hydrogens is 320 g/mol. The van der Waals surface area contributed by atoms with Gasteiger partial charge in [0.05, 0.1) is 19.3 Å². The number of carboxylic acids is 1. The molecule has 0 aromatic carbocycles. The van der Waals surface area contributed by atoms with Crippen molar-refractivity contribution in [2.75, 3.05) is 32.9 Å². The van der Waals surface area contributed by atoms with Crippen molar-refractivity contribution in [3.63, 3.8) is 0 Å². The summed E-state index contributed by atoms with van der Waals surface area (Å²) in [6, 6.07) is -0.00872. The van der Waals surface area contributed by atoms with Crippen molar-refractivity contribution in [3.05, 3.63) is 11.6 Å². The number of likely N-dealkylation sites (tertiary alicyclic amines) is 1. The second kappa shape index (κ2) is 8.62. The third kappa shape index (κ3) is 5.26. The third-order valence-electron chi connectivity index (χ3n) is 5.78. The molecule has 2 fully saturated rings. The van der Waals surface area contributed by atoms with E-state index in [-0.39, 0.29) is 24.1 Å². The molecule has 0 spiro atoms. The average Bonchev–Trinajstić information content (AvgIpc) is 3.41. The van der Waals surface area contributed by atoms with Crippen molar-refractivity contribution >= 4 is 5.97 Å². The van der Waals surface area contributed by atoms with Gasteiger partial charge in [-0.2, -0.15) is 0 Å². The number of hydrogen-bond acceptors (Lipinski definition) is 5. The van der Waals surface area contributed by atoms with Crippen LogP contribution in [0.1, 0.15) is 39.0 Å². The van der Waals surface area contributed by atoms with Gasteiger partial charge in [-0.1, -0.05) is 13.0 Å². The Balaban J connectivity index is 1.49. The fourth-order valence-corrected chi connectivity index (χ4v) is 3.90. The Morgan fingerprint density at radius 2 is 2.16 bits per heavy atom. The van der Waals surface area contributed by atoms with Crippen LogP contribution < -0.4 is 5.73 Å². The van der Waals surface area contributed by atoms with Gasteiger partial charge in [0.2, 0.25) is 0 Å². The predicted molar refractivity (Wildman–Crippen MR) is 95.4 cm³/mol. The number of piperidine rings is 1. The number of ether oxygens (including phenoxy) is 2. The molecule has 142 valence electrons. The van der Waals surface area contributed by atoms with Gasteiger partial charge in [-0.15, -0.1) is 0 Å². The molecule has 0 aromatic heterocycles. The van der Waals surface area contributed by atoms with Gasteiger partial charge in [0, 0.05) is 30.8 Å². The number of nitrogens with two attached hydrogens (primary N) is 1. The first kappa shape index (κ1) is 18.8. The maximum Gasteiger partial charge on any atom is 0.331 e. The van der Waals surface area contributed by atoms with Crippen LogP contribution in [0.15, 0.2) is 11.6 Å². The zero-order valence-corrected chi connectivity index (χ0v) is 15.2. The Morgan fingerprint density at radius 1 is 1.36 bits per heavy atom. The van der Waals surface area contributed by atoms with Crippen LogP contribution in [0.2, 0.25) is 0 Å². The third-order valence-corrected chi connectivity index (χ3v) is 5.78. The standard InChI is InChI=1S/C19H32N2O4/c1-13-17(20)9-15(19(22)23)10-18(13)21-6-2-3-16(11-21)25-8-7-24-12-14-4-5-14/h10,13-14,16-18H,2-9,11-12,20H2,1H3,(H,22,23)/t13-,16+,17+,18-/m1/s1. The van der Waals surface area contributed by atoms with E-state index in [9.17, 15) is 9.90 Å². The van der Waals surface area contributed by atoms with Crippen molar-refractivity contribution in [1.82, 2.24) is 4.90 Å². The highest BCUT2D eigenvalue weighted by Crippen LogP contribution is 2.30. The number of carbonyl (C=O) groups is 1. The van der Waals surface area contributed by atoms with Gasteiger partial charge in [-0.3, -0.25) is 4.90 Å². The molecule has 0 aromatic rings. The summed E-state index contributed by atoms with van der Waals surface area (Å²) in [4.78, 5) is 13.7. The lowest BCUT2D eigenvalue weighted by atomic mass is 9.81. The summed E-state index contributed by atoms with van der Waals surface area (Å²) in [5.41, 5.74) is 6.65. The summed E-state index contributed by atoms with van der Waals surface area (Å²) >= 11 is 0. The summed E-state index contributed by atoms with van der Waals surface area (Å²) in [7, 11) is 0. The Kier molecular flexibility index (Phi) is 6.49. The molecule has 1 saturated carbocycles. The normalized spacial score (nSPS) is 33.9. The van der Waals surface area contributed by atoms with E-state index in [0.717, 1.165) is 38.5 Å². The van der Waals surface area contributed by atoms with Gasteiger partial charge in [-0.05, 0) is 50.5 Å². The zero-order valence-electron chi connectivity index (χ0n) is 15.2. The van der Waals surface area contributed by atoms with Crippen LogP contribution in [0.5, 0.6) is 0 Å². The number of hydrogen-bond donors (Lipinski definition) is 2. The van der Waals surface area contributed by atoms with E-state index in [1.165, 1.54) is 12.8 Å². The van der Waals surface area contributed by atoms with Gasteiger partial charge in [0.15, 0.2) is 0 Å². The maximum atomic E-state index is 11.4. The highest BCUT2D eigenvalue weighted by Gasteiger charge is 2.35. The van der Waals surface area contributed by atoms with Crippen LogP contribution in [-0.4, -0.2) is 67.1 Å². The molecule has 1 heterocycles. The Hall–Kier alpha value is -0.950. The molecule has 0 amide bonds. The number of carboxylic acid groups (broad SMARTS) is 1. The van der Waals surface area contributed by atoms with Crippen molar-refractivity contribution in [3.8, 4) is 0 Å². The van der Waals surface area contributed by atoms with Gasteiger partial charge in [-0.25, -0.2) is 4.79 Å². The molecule has 6 nitrogen and oxygen atoms in total. The summed E-state index contributed by atoms with van der Waals surface area (Å²) in [6.45, 7) is 6.12. The highest BCUT2D eigenvalue weighted by molar-refractivity contribution is 5.87. The molecule has 1 aliphatic heterocycles. The van der Waals surface area contributed by atoms with Crippen molar-refractivity contribution < 1.29 is 19.4 Å². The summed E-state index contributed by atoms with van der Waals surface area (Å²) < 4.78 is 11.6. The quantitative estimate of drug-likeness (QED) is 0.646.